The number of aryl methyl sites for hydroxylation is 2. The number of anilines is 1. The molecule has 0 aliphatic rings. The first-order valence-electron chi connectivity index (χ1n) is 10.9. The molecule has 0 saturated heterocycles. The summed E-state index contributed by atoms with van der Waals surface area (Å²) in [5, 5.41) is 5.51. The first-order chi connectivity index (χ1) is 14.5. The molecule has 3 aromatic rings. The van der Waals surface area contributed by atoms with Crippen LogP contribution in [0.4, 0.5) is 5.69 Å². The van der Waals surface area contributed by atoms with Gasteiger partial charge < -0.3 is 20.1 Å². The summed E-state index contributed by atoms with van der Waals surface area (Å²) < 4.78 is 0. The van der Waals surface area contributed by atoms with Crippen LogP contribution in [0.15, 0.2) is 48.7 Å². The van der Waals surface area contributed by atoms with Gasteiger partial charge in [0.2, 0.25) is 0 Å². The van der Waals surface area contributed by atoms with Crippen molar-refractivity contribution in [3.8, 4) is 0 Å². The number of fused-ring (bicyclic) bond motifs is 1. The van der Waals surface area contributed by atoms with E-state index in [1.165, 1.54) is 27.6 Å². The van der Waals surface area contributed by atoms with Crippen molar-refractivity contribution in [2.75, 3.05) is 31.5 Å². The maximum atomic E-state index is 5.86. The lowest BCUT2D eigenvalue weighted by atomic mass is 10.1. The van der Waals surface area contributed by atoms with Crippen LogP contribution in [0, 0.1) is 13.8 Å². The molecule has 0 atom stereocenters. The molecule has 1 aromatic heterocycles. The van der Waals surface area contributed by atoms with E-state index in [4.69, 9.17) is 12.2 Å². The Hall–Kier alpha value is -2.37. The summed E-state index contributed by atoms with van der Waals surface area (Å²) in [5.74, 6) is 0. The molecule has 30 heavy (non-hydrogen) atoms. The molecule has 0 fully saturated rings. The van der Waals surface area contributed by atoms with Crippen molar-refractivity contribution in [1.82, 2.24) is 14.8 Å². The fourth-order valence-electron chi connectivity index (χ4n) is 3.77. The predicted molar refractivity (Wildman–Crippen MR) is 133 cm³/mol. The number of hydrogen-bond donors (Lipinski definition) is 2. The quantitative estimate of drug-likeness (QED) is 0.433. The van der Waals surface area contributed by atoms with Crippen LogP contribution in [0.3, 0.4) is 0 Å². The molecule has 0 saturated carbocycles. The van der Waals surface area contributed by atoms with Crippen molar-refractivity contribution in [3.63, 3.8) is 0 Å². The second kappa shape index (κ2) is 10.6. The third-order valence-electron chi connectivity index (χ3n) is 5.88. The maximum Gasteiger partial charge on any atom is 0.173 e. The van der Waals surface area contributed by atoms with Gasteiger partial charge in [-0.3, -0.25) is 0 Å². The molecule has 0 radical (unpaired) electrons. The summed E-state index contributed by atoms with van der Waals surface area (Å²) in [7, 11) is 0. The average molecular weight is 423 g/mol. The minimum Gasteiger partial charge on any atom is -0.361 e. The Labute approximate surface area is 186 Å². The molecule has 0 spiro atoms. The summed E-state index contributed by atoms with van der Waals surface area (Å²) >= 11 is 5.86. The van der Waals surface area contributed by atoms with Crippen molar-refractivity contribution in [2.24, 2.45) is 0 Å². The SMILES string of the molecule is CCN(CC)CCCN(Cc1c[nH]c2ccccc12)C(=S)Nc1ccc(C)c(C)c1. The van der Waals surface area contributed by atoms with E-state index in [2.05, 4.69) is 96.5 Å². The van der Waals surface area contributed by atoms with E-state index >= 15 is 0 Å². The van der Waals surface area contributed by atoms with Crippen molar-refractivity contribution in [1.29, 1.82) is 0 Å². The molecule has 160 valence electrons. The summed E-state index contributed by atoms with van der Waals surface area (Å²) in [6, 6.07) is 14.9. The maximum absolute atomic E-state index is 5.86. The Kier molecular flexibility index (Phi) is 7.88. The monoisotopic (exact) mass is 422 g/mol. The van der Waals surface area contributed by atoms with Gasteiger partial charge >= 0.3 is 0 Å². The lowest BCUT2D eigenvalue weighted by Gasteiger charge is -2.27. The minimum atomic E-state index is 0.781. The Bertz CT molecular complexity index is 974. The zero-order valence-corrected chi connectivity index (χ0v) is 19.5. The topological polar surface area (TPSA) is 34.3 Å². The summed E-state index contributed by atoms with van der Waals surface area (Å²) in [4.78, 5) is 8.15. The zero-order chi connectivity index (χ0) is 21.5. The van der Waals surface area contributed by atoms with Crippen molar-refractivity contribution in [3.05, 3.63) is 65.4 Å². The molecule has 0 aliphatic heterocycles. The van der Waals surface area contributed by atoms with Crippen LogP contribution in [0.5, 0.6) is 0 Å². The fourth-order valence-corrected chi connectivity index (χ4v) is 4.04. The summed E-state index contributed by atoms with van der Waals surface area (Å²) in [5.41, 5.74) is 6.06. The summed E-state index contributed by atoms with van der Waals surface area (Å²) in [6.45, 7) is 13.7. The van der Waals surface area contributed by atoms with Crippen LogP contribution < -0.4 is 5.32 Å². The number of benzene rings is 2. The van der Waals surface area contributed by atoms with E-state index in [0.29, 0.717) is 0 Å². The van der Waals surface area contributed by atoms with Gasteiger partial charge in [-0.1, -0.05) is 38.1 Å². The molecule has 2 aromatic carbocycles. The van der Waals surface area contributed by atoms with E-state index in [1.807, 2.05) is 0 Å². The first-order valence-corrected chi connectivity index (χ1v) is 11.3. The number of para-hydroxylation sites is 1. The van der Waals surface area contributed by atoms with Gasteiger partial charge in [-0.05, 0) is 87.0 Å². The molecular weight excluding hydrogens is 388 g/mol. The van der Waals surface area contributed by atoms with Gasteiger partial charge in [0.25, 0.3) is 0 Å². The van der Waals surface area contributed by atoms with Crippen LogP contribution in [0.2, 0.25) is 0 Å². The third kappa shape index (κ3) is 5.61. The van der Waals surface area contributed by atoms with Gasteiger partial charge in [0.15, 0.2) is 5.11 Å². The molecular formula is C25H34N4S. The van der Waals surface area contributed by atoms with E-state index in [0.717, 1.165) is 49.9 Å². The fraction of sp³-hybridized carbons (Fsp3) is 0.400. The van der Waals surface area contributed by atoms with Crippen LogP contribution in [-0.4, -0.2) is 46.1 Å². The van der Waals surface area contributed by atoms with Crippen molar-refractivity contribution < 1.29 is 0 Å². The number of rotatable bonds is 9. The number of nitrogens with zero attached hydrogens (tertiary/aromatic N) is 2. The highest BCUT2D eigenvalue weighted by molar-refractivity contribution is 7.80. The molecule has 4 nitrogen and oxygen atoms in total. The van der Waals surface area contributed by atoms with Crippen LogP contribution in [-0.2, 0) is 6.54 Å². The number of thiocarbonyl (C=S) groups is 1. The van der Waals surface area contributed by atoms with Crippen molar-refractivity contribution >= 4 is 33.9 Å². The normalized spacial score (nSPS) is 11.2. The number of aromatic nitrogens is 1. The van der Waals surface area contributed by atoms with E-state index in [9.17, 15) is 0 Å². The third-order valence-corrected chi connectivity index (χ3v) is 6.24. The number of aromatic amines is 1. The Morgan fingerprint density at radius 1 is 1.00 bits per heavy atom. The largest absolute Gasteiger partial charge is 0.361 e. The zero-order valence-electron chi connectivity index (χ0n) is 18.7. The van der Waals surface area contributed by atoms with Gasteiger partial charge in [-0.2, -0.15) is 0 Å². The van der Waals surface area contributed by atoms with Gasteiger partial charge in [0.05, 0.1) is 0 Å². The molecule has 5 heteroatoms. The standard InChI is InChI=1S/C25H34N4S/c1-5-28(6-2)14-9-15-29(18-21-17-26-24-11-8-7-10-23(21)24)25(30)27-22-13-12-19(3)20(4)16-22/h7-8,10-13,16-17,26H,5-6,9,14-15,18H2,1-4H3,(H,27,30). The second-order valence-corrected chi connectivity index (χ2v) is 8.28. The molecule has 3 rings (SSSR count). The highest BCUT2D eigenvalue weighted by Gasteiger charge is 2.14. The molecule has 0 aliphatic carbocycles. The van der Waals surface area contributed by atoms with Crippen LogP contribution >= 0.6 is 12.2 Å². The smallest absolute Gasteiger partial charge is 0.173 e. The second-order valence-electron chi connectivity index (χ2n) is 7.89. The molecule has 0 unspecified atom stereocenters. The highest BCUT2D eigenvalue weighted by atomic mass is 32.1. The van der Waals surface area contributed by atoms with Gasteiger partial charge in [-0.25, -0.2) is 0 Å². The Morgan fingerprint density at radius 3 is 2.50 bits per heavy atom. The minimum absolute atomic E-state index is 0.781. The number of H-pyrrole nitrogens is 1. The van der Waals surface area contributed by atoms with Crippen LogP contribution in [0.25, 0.3) is 10.9 Å². The molecule has 0 amide bonds. The van der Waals surface area contributed by atoms with E-state index in [-0.39, 0.29) is 0 Å². The Morgan fingerprint density at radius 2 is 1.77 bits per heavy atom. The lowest BCUT2D eigenvalue weighted by molar-refractivity contribution is 0.281. The first kappa shape index (κ1) is 22.3. The lowest BCUT2D eigenvalue weighted by Crippen LogP contribution is -2.36. The van der Waals surface area contributed by atoms with E-state index < -0.39 is 0 Å². The van der Waals surface area contributed by atoms with Gasteiger partial charge in [0, 0.05) is 35.9 Å². The number of hydrogen-bond acceptors (Lipinski definition) is 2. The van der Waals surface area contributed by atoms with Crippen molar-refractivity contribution in [2.45, 2.75) is 40.7 Å². The predicted octanol–water partition coefficient (Wildman–Crippen LogP) is 5.72. The highest BCUT2D eigenvalue weighted by Crippen LogP contribution is 2.21. The average Bonchev–Trinajstić information content (AvgIpc) is 3.16. The number of nitrogens with one attached hydrogen (secondary N) is 2. The summed E-state index contributed by atoms with van der Waals surface area (Å²) in [6.07, 6.45) is 3.19. The van der Waals surface area contributed by atoms with Gasteiger partial charge in [-0.15, -0.1) is 0 Å². The molecule has 0 bridgehead atoms. The van der Waals surface area contributed by atoms with Gasteiger partial charge in [0.1, 0.15) is 0 Å². The van der Waals surface area contributed by atoms with E-state index in [1.54, 1.807) is 0 Å². The molecule has 2 N–H and O–H groups in total. The van der Waals surface area contributed by atoms with Crippen LogP contribution in [0.1, 0.15) is 37.0 Å². The molecule has 1 heterocycles. The Balaban J connectivity index is 1.75.